The first-order valence-corrected chi connectivity index (χ1v) is 8.13. The number of nitrogens with one attached hydrogen (secondary N) is 4. The van der Waals surface area contributed by atoms with Crippen molar-refractivity contribution in [2.75, 3.05) is 26.2 Å². The fourth-order valence-electron chi connectivity index (χ4n) is 1.48. The molecule has 116 valence electrons. The molecule has 0 radical (unpaired) electrons. The second kappa shape index (κ2) is 6.91. The van der Waals surface area contributed by atoms with Gasteiger partial charge >= 0.3 is 0 Å². The van der Waals surface area contributed by atoms with E-state index >= 15 is 0 Å². The van der Waals surface area contributed by atoms with Gasteiger partial charge in [0.15, 0.2) is 0 Å². The van der Waals surface area contributed by atoms with Gasteiger partial charge in [0.1, 0.15) is 0 Å². The van der Waals surface area contributed by atoms with Gasteiger partial charge in [-0.15, -0.1) is 9.66 Å². The smallest absolute Gasteiger partial charge is 0.280 e. The van der Waals surface area contributed by atoms with E-state index in [1.54, 1.807) is 20.5 Å². The predicted octanol–water partition coefficient (Wildman–Crippen LogP) is -4.41. The maximum atomic E-state index is 11.6. The Hall–Kier alpha value is -1.32. The van der Waals surface area contributed by atoms with Crippen molar-refractivity contribution < 1.29 is 26.4 Å². The van der Waals surface area contributed by atoms with Crippen molar-refractivity contribution in [2.45, 2.75) is 0 Å². The molecule has 1 saturated heterocycles. The minimum Gasteiger partial charge on any atom is -0.280 e. The lowest BCUT2D eigenvalue weighted by Gasteiger charge is -2.32. The summed E-state index contributed by atoms with van der Waals surface area (Å²) in [5.74, 6) is 0. The average molecular weight is 330 g/mol. The van der Waals surface area contributed by atoms with E-state index in [1.807, 2.05) is 0 Å². The summed E-state index contributed by atoms with van der Waals surface area (Å²) in [4.78, 5) is 23.7. The standard InChI is InChI=1S/C6H14N6O6S2/c13-5-7-9-19(15,16)11-1-2-12(4-3-11)20(17,18)10-8-6-14/h5-6,9-10H,1-4H2,(H,7,13)(H,8,14). The number of amides is 2. The molecule has 0 aromatic rings. The molecule has 0 atom stereocenters. The lowest BCUT2D eigenvalue weighted by molar-refractivity contribution is -0.110. The summed E-state index contributed by atoms with van der Waals surface area (Å²) in [6, 6.07) is 0. The van der Waals surface area contributed by atoms with Gasteiger partial charge in [-0.2, -0.15) is 25.4 Å². The lowest BCUT2D eigenvalue weighted by atomic mass is 10.4. The monoisotopic (exact) mass is 330 g/mol. The third-order valence-electron chi connectivity index (χ3n) is 2.37. The quantitative estimate of drug-likeness (QED) is 0.260. The van der Waals surface area contributed by atoms with Crippen LogP contribution < -0.4 is 20.5 Å². The first-order valence-electron chi connectivity index (χ1n) is 5.25. The molecule has 1 heterocycles. The zero-order valence-corrected chi connectivity index (χ0v) is 11.8. The molecular formula is C6H14N6O6S2. The van der Waals surface area contributed by atoms with Crippen molar-refractivity contribution >= 4 is 33.2 Å². The molecule has 1 fully saturated rings. The zero-order valence-electron chi connectivity index (χ0n) is 10.1. The van der Waals surface area contributed by atoms with E-state index in [4.69, 9.17) is 0 Å². The molecular weight excluding hydrogens is 316 g/mol. The van der Waals surface area contributed by atoms with Gasteiger partial charge in [0.25, 0.3) is 20.4 Å². The molecule has 4 N–H and O–H groups in total. The summed E-state index contributed by atoms with van der Waals surface area (Å²) in [5.41, 5.74) is 3.60. The molecule has 0 spiro atoms. The largest absolute Gasteiger partial charge is 0.296 e. The van der Waals surface area contributed by atoms with Crippen LogP contribution in [-0.2, 0) is 30.0 Å². The number of carbonyl (C=O) groups is 2. The van der Waals surface area contributed by atoms with Gasteiger partial charge in [-0.1, -0.05) is 0 Å². The molecule has 14 heteroatoms. The molecule has 0 aromatic carbocycles. The minimum atomic E-state index is -3.90. The lowest BCUT2D eigenvalue weighted by Crippen LogP contribution is -2.57. The Kier molecular flexibility index (Phi) is 5.78. The van der Waals surface area contributed by atoms with Crippen LogP contribution in [0.5, 0.6) is 0 Å². The van der Waals surface area contributed by atoms with Gasteiger partial charge in [0, 0.05) is 26.2 Å². The van der Waals surface area contributed by atoms with E-state index < -0.39 is 20.4 Å². The number of carbonyl (C=O) groups excluding carboxylic acids is 2. The van der Waals surface area contributed by atoms with Gasteiger partial charge in [0.2, 0.25) is 12.8 Å². The molecule has 2 amide bonds. The van der Waals surface area contributed by atoms with Crippen LogP contribution >= 0.6 is 0 Å². The van der Waals surface area contributed by atoms with Crippen LogP contribution in [0.2, 0.25) is 0 Å². The highest BCUT2D eigenvalue weighted by molar-refractivity contribution is 7.87. The Labute approximate surface area is 115 Å². The van der Waals surface area contributed by atoms with Crippen molar-refractivity contribution in [1.29, 1.82) is 0 Å². The van der Waals surface area contributed by atoms with E-state index in [9.17, 15) is 26.4 Å². The van der Waals surface area contributed by atoms with Crippen LogP contribution in [0.1, 0.15) is 0 Å². The Bertz CT molecular complexity index is 488. The third kappa shape index (κ3) is 4.36. The van der Waals surface area contributed by atoms with Gasteiger partial charge in [-0.05, 0) is 0 Å². The normalized spacial score (nSPS) is 18.4. The Morgan fingerprint density at radius 2 is 1.00 bits per heavy atom. The van der Waals surface area contributed by atoms with E-state index in [2.05, 4.69) is 0 Å². The fraction of sp³-hybridized carbons (Fsp3) is 0.667. The summed E-state index contributed by atoms with van der Waals surface area (Å²) >= 11 is 0. The topological polar surface area (TPSA) is 157 Å². The molecule has 1 aliphatic heterocycles. The van der Waals surface area contributed by atoms with Crippen LogP contribution in [0, 0.1) is 0 Å². The number of hydrazine groups is 2. The number of hydrogen-bond acceptors (Lipinski definition) is 6. The highest BCUT2D eigenvalue weighted by atomic mass is 32.2. The molecule has 1 rings (SSSR count). The molecule has 0 unspecified atom stereocenters. The molecule has 0 aromatic heterocycles. The first kappa shape index (κ1) is 16.7. The first-order chi connectivity index (χ1) is 9.33. The third-order valence-corrected chi connectivity index (χ3v) is 5.21. The second-order valence-corrected chi connectivity index (χ2v) is 6.88. The predicted molar refractivity (Wildman–Crippen MR) is 65.7 cm³/mol. The van der Waals surface area contributed by atoms with Crippen molar-refractivity contribution in [1.82, 2.24) is 29.1 Å². The van der Waals surface area contributed by atoms with E-state index in [1.165, 1.54) is 0 Å². The number of rotatable bonds is 8. The number of nitrogens with zero attached hydrogens (tertiary/aromatic N) is 2. The zero-order chi connectivity index (χ0) is 15.2. The summed E-state index contributed by atoms with van der Waals surface area (Å²) in [5, 5.41) is 0. The maximum Gasteiger partial charge on any atom is 0.296 e. The van der Waals surface area contributed by atoms with Crippen LogP contribution in [0.4, 0.5) is 0 Å². The number of piperazine rings is 1. The van der Waals surface area contributed by atoms with Crippen LogP contribution in [0.15, 0.2) is 0 Å². The van der Waals surface area contributed by atoms with Gasteiger partial charge in [-0.3, -0.25) is 20.4 Å². The van der Waals surface area contributed by atoms with Gasteiger partial charge < -0.3 is 0 Å². The van der Waals surface area contributed by atoms with E-state index in [0.717, 1.165) is 8.61 Å². The fourth-order valence-corrected chi connectivity index (χ4v) is 3.42. The summed E-state index contributed by atoms with van der Waals surface area (Å²) < 4.78 is 48.4. The molecule has 12 nitrogen and oxygen atoms in total. The highest BCUT2D eigenvalue weighted by Gasteiger charge is 2.31. The maximum absolute atomic E-state index is 11.6. The minimum absolute atomic E-state index is 0.0993. The summed E-state index contributed by atoms with van der Waals surface area (Å²) in [7, 11) is -7.81. The Morgan fingerprint density at radius 3 is 1.25 bits per heavy atom. The Morgan fingerprint density at radius 1 is 0.700 bits per heavy atom. The second-order valence-electron chi connectivity index (χ2n) is 3.54. The van der Waals surface area contributed by atoms with Crippen molar-refractivity contribution in [3.63, 3.8) is 0 Å². The highest BCUT2D eigenvalue weighted by Crippen LogP contribution is 2.08. The SMILES string of the molecule is O=CNNS(=O)(=O)N1CCN(S(=O)(=O)NNC=O)CC1. The molecule has 0 bridgehead atoms. The van der Waals surface area contributed by atoms with Crippen LogP contribution in [-0.4, -0.2) is 64.4 Å². The van der Waals surface area contributed by atoms with E-state index in [-0.39, 0.29) is 39.0 Å². The summed E-state index contributed by atoms with van der Waals surface area (Å²) in [6.45, 7) is -0.397. The van der Waals surface area contributed by atoms with Crippen molar-refractivity contribution in [3.05, 3.63) is 0 Å². The van der Waals surface area contributed by atoms with Crippen molar-refractivity contribution in [3.8, 4) is 0 Å². The van der Waals surface area contributed by atoms with Crippen LogP contribution in [0.3, 0.4) is 0 Å². The molecule has 20 heavy (non-hydrogen) atoms. The average Bonchev–Trinajstić information content (AvgIpc) is 2.43. The van der Waals surface area contributed by atoms with Crippen LogP contribution in [0.25, 0.3) is 0 Å². The Balaban J connectivity index is 2.59. The molecule has 0 aliphatic carbocycles. The number of hydrogen-bond donors (Lipinski definition) is 4. The van der Waals surface area contributed by atoms with Gasteiger partial charge in [0.05, 0.1) is 0 Å². The summed E-state index contributed by atoms with van der Waals surface area (Å²) in [6.07, 6.45) is 0.320. The molecule has 0 saturated carbocycles. The van der Waals surface area contributed by atoms with Crippen molar-refractivity contribution in [2.24, 2.45) is 0 Å². The molecule has 1 aliphatic rings. The van der Waals surface area contributed by atoms with E-state index in [0.29, 0.717) is 0 Å². The van der Waals surface area contributed by atoms with Gasteiger partial charge in [-0.25, -0.2) is 0 Å².